The summed E-state index contributed by atoms with van der Waals surface area (Å²) in [5.74, 6) is -0.0770. The van der Waals surface area contributed by atoms with Crippen LogP contribution in [0.3, 0.4) is 0 Å². The molecular formula is C17H29N3O. The van der Waals surface area contributed by atoms with Crippen molar-refractivity contribution in [1.82, 2.24) is 5.32 Å². The maximum atomic E-state index is 11.8. The second-order valence-electron chi connectivity index (χ2n) is 5.43. The minimum absolute atomic E-state index is 0.0770. The number of nitrogens with two attached hydrogens (primary N) is 1. The molecule has 1 aromatic carbocycles. The Kier molecular flexibility index (Phi) is 7.65. The fraction of sp³-hybridized carbons (Fsp3) is 0.588. The van der Waals surface area contributed by atoms with Crippen LogP contribution in [0.25, 0.3) is 0 Å². The van der Waals surface area contributed by atoms with Crippen LogP contribution in [0, 0.1) is 0 Å². The second-order valence-corrected chi connectivity index (χ2v) is 5.43. The number of nitrogens with one attached hydrogen (secondary N) is 2. The van der Waals surface area contributed by atoms with Crippen LogP contribution in [-0.2, 0) is 0 Å². The Labute approximate surface area is 128 Å². The minimum atomic E-state index is -0.0770. The van der Waals surface area contributed by atoms with Crippen molar-refractivity contribution < 1.29 is 4.79 Å². The molecule has 0 radical (unpaired) electrons. The van der Waals surface area contributed by atoms with E-state index in [0.717, 1.165) is 24.9 Å². The molecule has 4 heteroatoms. The smallest absolute Gasteiger partial charge is 0.251 e. The summed E-state index contributed by atoms with van der Waals surface area (Å²) in [5, 5.41) is 6.31. The number of carbonyl (C=O) groups excluding carboxylic acids is 1. The third kappa shape index (κ3) is 5.66. The fourth-order valence-electron chi connectivity index (χ4n) is 2.41. The third-order valence-corrected chi connectivity index (χ3v) is 3.55. The molecule has 4 nitrogen and oxygen atoms in total. The molecule has 1 amide bonds. The molecule has 1 atom stereocenters. The van der Waals surface area contributed by atoms with E-state index in [1.807, 2.05) is 19.1 Å². The molecule has 0 aromatic heterocycles. The van der Waals surface area contributed by atoms with E-state index in [4.69, 9.17) is 5.73 Å². The van der Waals surface area contributed by atoms with Crippen molar-refractivity contribution in [3.8, 4) is 0 Å². The predicted octanol–water partition coefficient (Wildman–Crippen LogP) is 3.79. The first-order chi connectivity index (χ1) is 10.1. The van der Waals surface area contributed by atoms with E-state index in [2.05, 4.69) is 24.5 Å². The number of rotatable bonds is 9. The Morgan fingerprint density at radius 2 is 1.95 bits per heavy atom. The topological polar surface area (TPSA) is 67.2 Å². The Morgan fingerprint density at radius 3 is 2.52 bits per heavy atom. The van der Waals surface area contributed by atoms with Crippen LogP contribution >= 0.6 is 0 Å². The minimum Gasteiger partial charge on any atom is -0.397 e. The van der Waals surface area contributed by atoms with Gasteiger partial charge in [-0.1, -0.05) is 33.1 Å². The molecule has 0 aliphatic heterocycles. The van der Waals surface area contributed by atoms with Crippen molar-refractivity contribution in [3.05, 3.63) is 23.8 Å². The normalized spacial score (nSPS) is 12.0. The highest BCUT2D eigenvalue weighted by Gasteiger charge is 2.11. The number of hydrogen-bond donors (Lipinski definition) is 3. The molecule has 1 rings (SSSR count). The van der Waals surface area contributed by atoms with E-state index in [-0.39, 0.29) is 5.91 Å². The lowest BCUT2D eigenvalue weighted by molar-refractivity contribution is 0.0956. The van der Waals surface area contributed by atoms with E-state index >= 15 is 0 Å². The third-order valence-electron chi connectivity index (χ3n) is 3.55. The van der Waals surface area contributed by atoms with Crippen molar-refractivity contribution in [2.45, 2.75) is 58.9 Å². The van der Waals surface area contributed by atoms with Gasteiger partial charge in [0.15, 0.2) is 0 Å². The van der Waals surface area contributed by atoms with Crippen LogP contribution in [0.2, 0.25) is 0 Å². The van der Waals surface area contributed by atoms with Crippen molar-refractivity contribution in [2.24, 2.45) is 0 Å². The molecular weight excluding hydrogens is 262 g/mol. The fourth-order valence-corrected chi connectivity index (χ4v) is 2.41. The van der Waals surface area contributed by atoms with Gasteiger partial charge in [0.25, 0.3) is 5.91 Å². The first-order valence-corrected chi connectivity index (χ1v) is 8.06. The van der Waals surface area contributed by atoms with Gasteiger partial charge >= 0.3 is 0 Å². The van der Waals surface area contributed by atoms with Gasteiger partial charge in [-0.25, -0.2) is 0 Å². The summed E-state index contributed by atoms with van der Waals surface area (Å²) in [4.78, 5) is 11.8. The SMILES string of the molecule is CCCCC(CCC)Nc1ccc(C(=O)NCC)cc1N. The molecule has 0 aliphatic carbocycles. The number of amides is 1. The van der Waals surface area contributed by atoms with Crippen LogP contribution in [0.5, 0.6) is 0 Å². The van der Waals surface area contributed by atoms with Crippen molar-refractivity contribution >= 4 is 17.3 Å². The summed E-state index contributed by atoms with van der Waals surface area (Å²) in [6, 6.07) is 5.93. The highest BCUT2D eigenvalue weighted by Crippen LogP contribution is 2.23. The van der Waals surface area contributed by atoms with E-state index in [0.29, 0.717) is 23.8 Å². The number of benzene rings is 1. The number of unbranched alkanes of at least 4 members (excludes halogenated alkanes) is 1. The zero-order valence-corrected chi connectivity index (χ0v) is 13.5. The molecule has 0 saturated heterocycles. The summed E-state index contributed by atoms with van der Waals surface area (Å²) in [6.45, 7) is 6.93. The molecule has 4 N–H and O–H groups in total. The Morgan fingerprint density at radius 1 is 1.19 bits per heavy atom. The lowest BCUT2D eigenvalue weighted by atomic mass is 10.0. The van der Waals surface area contributed by atoms with Gasteiger partial charge in [-0.05, 0) is 38.0 Å². The standard InChI is InChI=1S/C17H29N3O/c1-4-7-9-14(8-5-2)20-16-11-10-13(12-15(16)18)17(21)19-6-3/h10-12,14,20H,4-9,18H2,1-3H3,(H,19,21). The van der Waals surface area contributed by atoms with Gasteiger partial charge in [0.1, 0.15) is 0 Å². The molecule has 0 fully saturated rings. The molecule has 0 spiro atoms. The van der Waals surface area contributed by atoms with Gasteiger partial charge in [-0.2, -0.15) is 0 Å². The number of anilines is 2. The predicted molar refractivity (Wildman–Crippen MR) is 90.7 cm³/mol. The molecule has 0 bridgehead atoms. The average molecular weight is 291 g/mol. The number of nitrogen functional groups attached to an aromatic ring is 1. The first-order valence-electron chi connectivity index (χ1n) is 8.06. The molecule has 118 valence electrons. The molecule has 1 unspecified atom stereocenters. The molecule has 21 heavy (non-hydrogen) atoms. The van der Waals surface area contributed by atoms with Crippen molar-refractivity contribution in [3.63, 3.8) is 0 Å². The Bertz CT molecular complexity index is 446. The van der Waals surface area contributed by atoms with E-state index in [1.54, 1.807) is 6.07 Å². The molecule has 1 aromatic rings. The van der Waals surface area contributed by atoms with Gasteiger partial charge in [0.2, 0.25) is 0 Å². The van der Waals surface area contributed by atoms with Gasteiger partial charge in [-0.15, -0.1) is 0 Å². The summed E-state index contributed by atoms with van der Waals surface area (Å²) in [7, 11) is 0. The highest BCUT2D eigenvalue weighted by atomic mass is 16.1. The average Bonchev–Trinajstić information content (AvgIpc) is 2.47. The number of carbonyl (C=O) groups is 1. The second kappa shape index (κ2) is 9.27. The maximum absolute atomic E-state index is 11.8. The quantitative estimate of drug-likeness (QED) is 0.606. The van der Waals surface area contributed by atoms with Crippen LogP contribution in [0.15, 0.2) is 18.2 Å². The molecule has 0 heterocycles. The van der Waals surface area contributed by atoms with E-state index in [9.17, 15) is 4.79 Å². The maximum Gasteiger partial charge on any atom is 0.251 e. The summed E-state index contributed by atoms with van der Waals surface area (Å²) in [6.07, 6.45) is 5.86. The first kappa shape index (κ1) is 17.3. The summed E-state index contributed by atoms with van der Waals surface area (Å²) in [5.41, 5.74) is 8.26. The summed E-state index contributed by atoms with van der Waals surface area (Å²) >= 11 is 0. The van der Waals surface area contributed by atoms with Crippen molar-refractivity contribution in [2.75, 3.05) is 17.6 Å². The molecule has 0 aliphatic rings. The Balaban J connectivity index is 2.76. The monoisotopic (exact) mass is 291 g/mol. The highest BCUT2D eigenvalue weighted by molar-refractivity contribution is 5.96. The Hall–Kier alpha value is -1.71. The van der Waals surface area contributed by atoms with Crippen molar-refractivity contribution in [1.29, 1.82) is 0 Å². The zero-order chi connectivity index (χ0) is 15.7. The lowest BCUT2D eigenvalue weighted by Gasteiger charge is -2.20. The van der Waals surface area contributed by atoms with Crippen LogP contribution in [-0.4, -0.2) is 18.5 Å². The van der Waals surface area contributed by atoms with Crippen LogP contribution in [0.1, 0.15) is 63.2 Å². The lowest BCUT2D eigenvalue weighted by Crippen LogP contribution is -2.23. The van der Waals surface area contributed by atoms with E-state index < -0.39 is 0 Å². The van der Waals surface area contributed by atoms with E-state index in [1.165, 1.54) is 12.8 Å². The van der Waals surface area contributed by atoms with Gasteiger partial charge in [0, 0.05) is 18.2 Å². The van der Waals surface area contributed by atoms with Crippen LogP contribution < -0.4 is 16.4 Å². The zero-order valence-electron chi connectivity index (χ0n) is 13.5. The largest absolute Gasteiger partial charge is 0.397 e. The number of hydrogen-bond acceptors (Lipinski definition) is 3. The van der Waals surface area contributed by atoms with Crippen LogP contribution in [0.4, 0.5) is 11.4 Å². The summed E-state index contributed by atoms with van der Waals surface area (Å²) < 4.78 is 0. The van der Waals surface area contributed by atoms with Gasteiger partial charge < -0.3 is 16.4 Å². The molecule has 0 saturated carbocycles. The van der Waals surface area contributed by atoms with Gasteiger partial charge in [-0.3, -0.25) is 4.79 Å². The van der Waals surface area contributed by atoms with Gasteiger partial charge in [0.05, 0.1) is 11.4 Å².